The minimum atomic E-state index is 0.636. The smallest absolute Gasteiger partial charge is 0.210 e. The summed E-state index contributed by atoms with van der Waals surface area (Å²) < 4.78 is 2.15. The van der Waals surface area contributed by atoms with Crippen molar-refractivity contribution in [3.8, 4) is 10.8 Å². The van der Waals surface area contributed by atoms with E-state index in [-0.39, 0.29) is 0 Å². The Hall–Kier alpha value is -1.23. The molecule has 154 valence electrons. The molecule has 0 bridgehead atoms. The highest BCUT2D eigenvalue weighted by atomic mass is 32.1. The Morgan fingerprint density at radius 3 is 2.14 bits per heavy atom. The molecule has 2 aromatic rings. The van der Waals surface area contributed by atoms with Crippen molar-refractivity contribution in [2.24, 2.45) is 5.92 Å². The molecule has 2 fully saturated rings. The first-order valence-corrected chi connectivity index (χ1v) is 12.5. The summed E-state index contributed by atoms with van der Waals surface area (Å²) in [6.07, 6.45) is 19.2. The first-order valence-electron chi connectivity index (χ1n) is 11.7. The molecule has 0 N–H and O–H groups in total. The van der Waals surface area contributed by atoms with E-state index in [0.29, 0.717) is 5.92 Å². The van der Waals surface area contributed by atoms with Crippen LogP contribution in [0.5, 0.6) is 0 Å². The van der Waals surface area contributed by atoms with Crippen LogP contribution in [-0.2, 0) is 6.54 Å². The highest BCUT2D eigenvalue weighted by Crippen LogP contribution is 2.33. The van der Waals surface area contributed by atoms with Gasteiger partial charge in [-0.05, 0) is 38.5 Å². The van der Waals surface area contributed by atoms with Crippen molar-refractivity contribution in [3.05, 3.63) is 16.9 Å². The van der Waals surface area contributed by atoms with E-state index >= 15 is 0 Å². The van der Waals surface area contributed by atoms with Crippen LogP contribution in [0.3, 0.4) is 0 Å². The first kappa shape index (κ1) is 20.1. The quantitative estimate of drug-likeness (QED) is 0.524. The molecule has 4 nitrogen and oxygen atoms in total. The summed E-state index contributed by atoms with van der Waals surface area (Å²) >= 11 is 1.74. The molecule has 0 atom stereocenters. The second-order valence-electron chi connectivity index (χ2n) is 9.00. The van der Waals surface area contributed by atoms with Gasteiger partial charge in [-0.25, -0.2) is 14.6 Å². The number of aryl methyl sites for hydroxylation is 1. The van der Waals surface area contributed by atoms with Gasteiger partial charge in [0.2, 0.25) is 5.82 Å². The molecule has 2 saturated carbocycles. The van der Waals surface area contributed by atoms with E-state index in [0.717, 1.165) is 29.1 Å². The van der Waals surface area contributed by atoms with Gasteiger partial charge in [0.25, 0.3) is 0 Å². The standard InChI is InChI=1S/C23H36N4S/c1-18-24-22(26-27(18)16-19-12-8-6-7-9-13-19)23-25-21(17-28-23)20-14-10-4-2-3-5-11-15-20/h17,19-20H,2-16H2,1H3. The topological polar surface area (TPSA) is 43.6 Å². The molecule has 0 unspecified atom stereocenters. The zero-order valence-corrected chi connectivity index (χ0v) is 18.4. The number of aromatic nitrogens is 4. The number of thiazole rings is 1. The van der Waals surface area contributed by atoms with E-state index in [1.54, 1.807) is 11.3 Å². The van der Waals surface area contributed by atoms with Crippen molar-refractivity contribution in [1.29, 1.82) is 0 Å². The molecule has 4 rings (SSSR count). The maximum Gasteiger partial charge on any atom is 0.210 e. The maximum atomic E-state index is 5.00. The molecule has 0 aliphatic heterocycles. The summed E-state index contributed by atoms with van der Waals surface area (Å²) in [7, 11) is 0. The van der Waals surface area contributed by atoms with Crippen LogP contribution < -0.4 is 0 Å². The van der Waals surface area contributed by atoms with Gasteiger partial charge in [-0.2, -0.15) is 0 Å². The van der Waals surface area contributed by atoms with Gasteiger partial charge in [0.1, 0.15) is 5.82 Å². The van der Waals surface area contributed by atoms with Gasteiger partial charge >= 0.3 is 0 Å². The lowest BCUT2D eigenvalue weighted by molar-refractivity contribution is 0.371. The van der Waals surface area contributed by atoms with Crippen molar-refractivity contribution in [1.82, 2.24) is 19.7 Å². The van der Waals surface area contributed by atoms with E-state index in [9.17, 15) is 0 Å². The fourth-order valence-electron chi connectivity index (χ4n) is 4.98. The van der Waals surface area contributed by atoms with E-state index < -0.39 is 0 Å². The van der Waals surface area contributed by atoms with Crippen molar-refractivity contribution in [3.63, 3.8) is 0 Å². The number of rotatable bonds is 4. The molecular formula is C23H36N4S. The molecular weight excluding hydrogens is 364 g/mol. The van der Waals surface area contributed by atoms with Crippen molar-refractivity contribution < 1.29 is 0 Å². The summed E-state index contributed by atoms with van der Waals surface area (Å²) in [4.78, 5) is 9.78. The minimum absolute atomic E-state index is 0.636. The fraction of sp³-hybridized carbons (Fsp3) is 0.783. The van der Waals surface area contributed by atoms with Crippen LogP contribution in [0.2, 0.25) is 0 Å². The number of nitrogens with zero attached hydrogens (tertiary/aromatic N) is 4. The van der Waals surface area contributed by atoms with Gasteiger partial charge in [0.05, 0.1) is 5.69 Å². The Morgan fingerprint density at radius 1 is 0.857 bits per heavy atom. The van der Waals surface area contributed by atoms with Crippen molar-refractivity contribution >= 4 is 11.3 Å². The Kier molecular flexibility index (Phi) is 7.16. The largest absolute Gasteiger partial charge is 0.249 e. The van der Waals surface area contributed by atoms with Gasteiger partial charge in [0.15, 0.2) is 5.01 Å². The molecule has 0 saturated heterocycles. The Balaban J connectivity index is 1.44. The summed E-state index contributed by atoms with van der Waals surface area (Å²) in [5.74, 6) is 3.28. The third-order valence-electron chi connectivity index (χ3n) is 6.75. The molecule has 28 heavy (non-hydrogen) atoms. The number of hydrogen-bond acceptors (Lipinski definition) is 4. The van der Waals surface area contributed by atoms with E-state index in [1.807, 2.05) is 0 Å². The molecule has 5 heteroatoms. The van der Waals surface area contributed by atoms with E-state index in [4.69, 9.17) is 15.1 Å². The van der Waals surface area contributed by atoms with Crippen LogP contribution in [0.25, 0.3) is 10.8 Å². The molecule has 2 aliphatic carbocycles. The molecule has 2 heterocycles. The third kappa shape index (κ3) is 5.22. The molecule has 0 radical (unpaired) electrons. The van der Waals surface area contributed by atoms with Crippen LogP contribution in [0.4, 0.5) is 0 Å². The highest BCUT2D eigenvalue weighted by Gasteiger charge is 2.20. The monoisotopic (exact) mass is 400 g/mol. The second-order valence-corrected chi connectivity index (χ2v) is 9.85. The lowest BCUT2D eigenvalue weighted by atomic mass is 9.94. The average Bonchev–Trinajstić information content (AvgIpc) is 3.26. The fourth-order valence-corrected chi connectivity index (χ4v) is 5.81. The lowest BCUT2D eigenvalue weighted by Crippen LogP contribution is -2.12. The zero-order valence-electron chi connectivity index (χ0n) is 17.5. The lowest BCUT2D eigenvalue weighted by Gasteiger charge is -2.14. The molecule has 0 spiro atoms. The highest BCUT2D eigenvalue weighted by molar-refractivity contribution is 7.13. The van der Waals surface area contributed by atoms with Gasteiger partial charge in [-0.15, -0.1) is 16.4 Å². The van der Waals surface area contributed by atoms with Gasteiger partial charge in [-0.1, -0.05) is 64.2 Å². The Bertz CT molecular complexity index is 717. The van der Waals surface area contributed by atoms with Crippen LogP contribution in [0, 0.1) is 12.8 Å². The summed E-state index contributed by atoms with van der Waals surface area (Å²) in [5, 5.41) is 8.15. The second kappa shape index (κ2) is 10.00. The van der Waals surface area contributed by atoms with Gasteiger partial charge in [-0.3, -0.25) is 0 Å². The van der Waals surface area contributed by atoms with E-state index in [1.165, 1.54) is 95.6 Å². The summed E-state index contributed by atoms with van der Waals surface area (Å²) in [6, 6.07) is 0. The maximum absolute atomic E-state index is 5.00. The molecule has 0 amide bonds. The zero-order chi connectivity index (χ0) is 19.2. The van der Waals surface area contributed by atoms with Crippen LogP contribution >= 0.6 is 11.3 Å². The summed E-state index contributed by atoms with van der Waals surface area (Å²) in [5.41, 5.74) is 1.29. The van der Waals surface area contributed by atoms with Crippen LogP contribution in [-0.4, -0.2) is 19.7 Å². The third-order valence-corrected chi connectivity index (χ3v) is 7.61. The van der Waals surface area contributed by atoms with Crippen LogP contribution in [0.1, 0.15) is 107 Å². The molecule has 2 aliphatic rings. The number of hydrogen-bond donors (Lipinski definition) is 0. The van der Waals surface area contributed by atoms with Gasteiger partial charge in [0, 0.05) is 17.8 Å². The Labute approximate surface area is 174 Å². The molecule has 0 aromatic carbocycles. The predicted octanol–water partition coefficient (Wildman–Crippen LogP) is 6.90. The first-order chi connectivity index (χ1) is 13.8. The average molecular weight is 401 g/mol. The molecule has 2 aromatic heterocycles. The SMILES string of the molecule is Cc1nc(-c2nc(C3CCCCCCCC3)cs2)nn1CC1CCCCCC1. The van der Waals surface area contributed by atoms with Crippen LogP contribution in [0.15, 0.2) is 5.38 Å². The Morgan fingerprint density at radius 2 is 1.46 bits per heavy atom. The van der Waals surface area contributed by atoms with E-state index in [2.05, 4.69) is 17.0 Å². The normalized spacial score (nSPS) is 21.0. The van der Waals surface area contributed by atoms with Gasteiger partial charge < -0.3 is 0 Å². The summed E-state index contributed by atoms with van der Waals surface area (Å²) in [6.45, 7) is 3.12. The predicted molar refractivity (Wildman–Crippen MR) is 117 cm³/mol. The minimum Gasteiger partial charge on any atom is -0.249 e. The van der Waals surface area contributed by atoms with Crippen molar-refractivity contribution in [2.75, 3.05) is 0 Å². The van der Waals surface area contributed by atoms with Crippen molar-refractivity contribution in [2.45, 2.75) is 109 Å².